The number of nitrogens with one attached hydrogen (secondary N) is 1. The smallest absolute Gasteiger partial charge is 0.240 e. The standard InChI is InChI=1S/C13H22N2O3S.ClH/c1-11(14)7-9-15-19(16,17)13-5-3-12(4-6-13)8-10-18-2;/h3-6,11,15H,7-10,14H2,1-2H3;1H. The molecule has 0 heterocycles. The zero-order valence-corrected chi connectivity index (χ0v) is 13.5. The summed E-state index contributed by atoms with van der Waals surface area (Å²) in [6.07, 6.45) is 1.39. The highest BCUT2D eigenvalue weighted by molar-refractivity contribution is 7.89. The van der Waals surface area contributed by atoms with Crippen LogP contribution in [0.4, 0.5) is 0 Å². The summed E-state index contributed by atoms with van der Waals surface area (Å²) in [6, 6.07) is 6.82. The minimum atomic E-state index is -3.43. The second-order valence-electron chi connectivity index (χ2n) is 4.55. The first-order valence-electron chi connectivity index (χ1n) is 6.29. The zero-order valence-electron chi connectivity index (χ0n) is 11.8. The van der Waals surface area contributed by atoms with Gasteiger partial charge in [0.15, 0.2) is 0 Å². The summed E-state index contributed by atoms with van der Waals surface area (Å²) in [5.74, 6) is 0. The maximum absolute atomic E-state index is 12.0. The van der Waals surface area contributed by atoms with Gasteiger partial charge >= 0.3 is 0 Å². The van der Waals surface area contributed by atoms with Crippen molar-refractivity contribution in [2.45, 2.75) is 30.7 Å². The lowest BCUT2D eigenvalue weighted by Crippen LogP contribution is -2.29. The van der Waals surface area contributed by atoms with Crippen molar-refractivity contribution in [2.24, 2.45) is 5.73 Å². The molecule has 0 spiro atoms. The molecule has 0 amide bonds. The van der Waals surface area contributed by atoms with Crippen molar-refractivity contribution in [1.82, 2.24) is 4.72 Å². The van der Waals surface area contributed by atoms with Crippen LogP contribution in [0.15, 0.2) is 29.2 Å². The summed E-state index contributed by atoms with van der Waals surface area (Å²) in [5, 5.41) is 0. The molecule has 116 valence electrons. The predicted octanol–water partition coefficient (Wildman–Crippen LogP) is 1.31. The molecule has 1 atom stereocenters. The Kier molecular flexibility index (Phi) is 9.00. The Bertz CT molecular complexity index is 475. The molecule has 1 aromatic carbocycles. The van der Waals surface area contributed by atoms with Crippen LogP contribution < -0.4 is 10.5 Å². The van der Waals surface area contributed by atoms with E-state index in [-0.39, 0.29) is 23.3 Å². The molecule has 0 saturated heterocycles. The number of methoxy groups -OCH3 is 1. The summed E-state index contributed by atoms with van der Waals surface area (Å²) in [7, 11) is -1.79. The molecule has 7 heteroatoms. The second-order valence-corrected chi connectivity index (χ2v) is 6.32. The monoisotopic (exact) mass is 322 g/mol. The Labute approximate surface area is 127 Å². The van der Waals surface area contributed by atoms with Crippen LogP contribution in [0.2, 0.25) is 0 Å². The van der Waals surface area contributed by atoms with Crippen LogP contribution >= 0.6 is 12.4 Å². The van der Waals surface area contributed by atoms with Crippen molar-refractivity contribution in [3.8, 4) is 0 Å². The lowest BCUT2D eigenvalue weighted by Gasteiger charge is -2.09. The van der Waals surface area contributed by atoms with Crippen molar-refractivity contribution in [2.75, 3.05) is 20.3 Å². The van der Waals surface area contributed by atoms with Gasteiger partial charge < -0.3 is 10.5 Å². The number of benzene rings is 1. The fourth-order valence-electron chi connectivity index (χ4n) is 1.56. The van der Waals surface area contributed by atoms with Crippen LogP contribution in [0.3, 0.4) is 0 Å². The highest BCUT2D eigenvalue weighted by Crippen LogP contribution is 2.11. The van der Waals surface area contributed by atoms with Crippen LogP contribution in [-0.4, -0.2) is 34.7 Å². The maximum Gasteiger partial charge on any atom is 0.240 e. The van der Waals surface area contributed by atoms with E-state index in [1.165, 1.54) is 0 Å². The topological polar surface area (TPSA) is 81.4 Å². The summed E-state index contributed by atoms with van der Waals surface area (Å²) in [5.41, 5.74) is 6.63. The van der Waals surface area contributed by atoms with Crippen LogP contribution in [0.5, 0.6) is 0 Å². The molecule has 1 aromatic rings. The lowest BCUT2D eigenvalue weighted by atomic mass is 10.2. The van der Waals surface area contributed by atoms with Gasteiger partial charge in [-0.1, -0.05) is 12.1 Å². The first-order chi connectivity index (χ1) is 8.95. The van der Waals surface area contributed by atoms with Crippen LogP contribution in [0.1, 0.15) is 18.9 Å². The first kappa shape index (κ1) is 19.3. The third-order valence-electron chi connectivity index (χ3n) is 2.72. The quantitative estimate of drug-likeness (QED) is 0.756. The third-order valence-corrected chi connectivity index (χ3v) is 4.20. The van der Waals surface area contributed by atoms with E-state index in [0.29, 0.717) is 19.6 Å². The lowest BCUT2D eigenvalue weighted by molar-refractivity contribution is 0.202. The van der Waals surface area contributed by atoms with Gasteiger partial charge in [0.25, 0.3) is 0 Å². The number of nitrogens with two attached hydrogens (primary N) is 1. The number of hydrogen-bond donors (Lipinski definition) is 2. The molecular formula is C13H23ClN2O3S. The fourth-order valence-corrected chi connectivity index (χ4v) is 2.61. The van der Waals surface area contributed by atoms with Gasteiger partial charge in [0, 0.05) is 19.7 Å². The van der Waals surface area contributed by atoms with E-state index in [1.807, 2.05) is 6.92 Å². The van der Waals surface area contributed by atoms with Gasteiger partial charge in [0.05, 0.1) is 11.5 Å². The summed E-state index contributed by atoms with van der Waals surface area (Å²) in [6.45, 7) is 2.82. The van der Waals surface area contributed by atoms with Gasteiger partial charge in [-0.25, -0.2) is 13.1 Å². The molecule has 1 rings (SSSR count). The highest BCUT2D eigenvalue weighted by atomic mass is 35.5. The number of rotatable bonds is 8. The Hall–Kier alpha value is -0.660. The van der Waals surface area contributed by atoms with E-state index in [0.717, 1.165) is 12.0 Å². The minimum Gasteiger partial charge on any atom is -0.384 e. The molecule has 0 bridgehead atoms. The van der Waals surface area contributed by atoms with E-state index in [2.05, 4.69) is 4.72 Å². The van der Waals surface area contributed by atoms with Crippen LogP contribution in [0.25, 0.3) is 0 Å². The molecule has 0 fully saturated rings. The molecular weight excluding hydrogens is 300 g/mol. The number of ether oxygens (including phenoxy) is 1. The molecule has 5 nitrogen and oxygen atoms in total. The molecule has 0 saturated carbocycles. The van der Waals surface area contributed by atoms with Gasteiger partial charge in [-0.3, -0.25) is 0 Å². The van der Waals surface area contributed by atoms with Crippen molar-refractivity contribution >= 4 is 22.4 Å². The molecule has 0 radical (unpaired) electrons. The maximum atomic E-state index is 12.0. The average Bonchev–Trinajstić information content (AvgIpc) is 2.36. The molecule has 0 aliphatic heterocycles. The van der Waals surface area contributed by atoms with Crippen molar-refractivity contribution in [3.05, 3.63) is 29.8 Å². The zero-order chi connectivity index (χ0) is 14.3. The Morgan fingerprint density at radius 2 is 1.90 bits per heavy atom. The highest BCUT2D eigenvalue weighted by Gasteiger charge is 2.13. The largest absolute Gasteiger partial charge is 0.384 e. The Morgan fingerprint density at radius 1 is 1.30 bits per heavy atom. The third kappa shape index (κ3) is 6.67. The predicted molar refractivity (Wildman–Crippen MR) is 82.7 cm³/mol. The Balaban J connectivity index is 0.00000361. The van der Waals surface area contributed by atoms with Gasteiger partial charge in [-0.15, -0.1) is 12.4 Å². The number of hydrogen-bond acceptors (Lipinski definition) is 4. The number of halogens is 1. The summed E-state index contributed by atoms with van der Waals surface area (Å²) in [4.78, 5) is 0.276. The van der Waals surface area contributed by atoms with E-state index >= 15 is 0 Å². The average molecular weight is 323 g/mol. The van der Waals surface area contributed by atoms with Gasteiger partial charge in [0.1, 0.15) is 0 Å². The Morgan fingerprint density at radius 3 is 2.40 bits per heavy atom. The normalized spacial score (nSPS) is 12.8. The van der Waals surface area contributed by atoms with E-state index in [9.17, 15) is 8.42 Å². The van der Waals surface area contributed by atoms with Gasteiger partial charge in [0.2, 0.25) is 10.0 Å². The van der Waals surface area contributed by atoms with Crippen LogP contribution in [-0.2, 0) is 21.2 Å². The summed E-state index contributed by atoms with van der Waals surface area (Å²) < 4.78 is 31.4. The molecule has 20 heavy (non-hydrogen) atoms. The molecule has 0 aromatic heterocycles. The molecule has 1 unspecified atom stereocenters. The van der Waals surface area contributed by atoms with Crippen molar-refractivity contribution in [3.63, 3.8) is 0 Å². The number of sulfonamides is 1. The molecule has 3 N–H and O–H groups in total. The van der Waals surface area contributed by atoms with E-state index in [4.69, 9.17) is 10.5 Å². The van der Waals surface area contributed by atoms with Crippen molar-refractivity contribution in [1.29, 1.82) is 0 Å². The van der Waals surface area contributed by atoms with Crippen molar-refractivity contribution < 1.29 is 13.2 Å². The summed E-state index contributed by atoms with van der Waals surface area (Å²) >= 11 is 0. The molecule has 0 aliphatic carbocycles. The first-order valence-corrected chi connectivity index (χ1v) is 7.77. The fraction of sp³-hybridized carbons (Fsp3) is 0.538. The van der Waals surface area contributed by atoms with E-state index in [1.54, 1.807) is 31.4 Å². The molecule has 0 aliphatic rings. The second kappa shape index (κ2) is 9.31. The van der Waals surface area contributed by atoms with Gasteiger partial charge in [-0.2, -0.15) is 0 Å². The van der Waals surface area contributed by atoms with Gasteiger partial charge in [-0.05, 0) is 37.5 Å². The van der Waals surface area contributed by atoms with E-state index < -0.39 is 10.0 Å². The van der Waals surface area contributed by atoms with Crippen LogP contribution in [0, 0.1) is 0 Å². The minimum absolute atomic E-state index is 0. The SMILES string of the molecule is COCCc1ccc(S(=O)(=O)NCCC(C)N)cc1.Cl.